The van der Waals surface area contributed by atoms with Crippen LogP contribution >= 0.6 is 15.9 Å². The minimum Gasteiger partial charge on any atom is -0.496 e. The summed E-state index contributed by atoms with van der Waals surface area (Å²) in [6.45, 7) is 1.47. The number of sulfonamides is 1. The standard InChI is InChI=1S/C17H19BrN2O4S/c1-12-9-15(7-8-16(12)24-3)25(22,23)20(2)11-17(21)19-14-6-4-5-13(18)10-14/h4-10H,11H2,1-3H3,(H,19,21). The molecule has 0 bridgehead atoms. The SMILES string of the molecule is COc1ccc(S(=O)(=O)N(C)CC(=O)Nc2cccc(Br)c2)cc1C. The minimum atomic E-state index is -3.77. The molecule has 0 saturated carbocycles. The number of carbonyl (C=O) groups is 1. The van der Waals surface area contributed by atoms with Crippen LogP contribution < -0.4 is 10.1 Å². The van der Waals surface area contributed by atoms with Crippen molar-refractivity contribution in [2.75, 3.05) is 26.0 Å². The van der Waals surface area contributed by atoms with E-state index in [2.05, 4.69) is 21.2 Å². The Balaban J connectivity index is 2.11. The highest BCUT2D eigenvalue weighted by atomic mass is 79.9. The van der Waals surface area contributed by atoms with Gasteiger partial charge in [-0.25, -0.2) is 8.42 Å². The van der Waals surface area contributed by atoms with Crippen LogP contribution in [0.2, 0.25) is 0 Å². The molecule has 0 aliphatic rings. The number of benzene rings is 2. The average molecular weight is 427 g/mol. The number of nitrogens with one attached hydrogen (secondary N) is 1. The molecular weight excluding hydrogens is 408 g/mol. The Bertz CT molecular complexity index is 884. The van der Waals surface area contributed by atoms with Gasteiger partial charge in [-0.3, -0.25) is 4.79 Å². The third kappa shape index (κ3) is 4.81. The van der Waals surface area contributed by atoms with Gasteiger partial charge in [0.05, 0.1) is 18.6 Å². The molecule has 0 aromatic heterocycles. The lowest BCUT2D eigenvalue weighted by atomic mass is 10.2. The third-order valence-corrected chi connectivity index (χ3v) is 5.84. The van der Waals surface area contributed by atoms with Gasteiger partial charge in [0.1, 0.15) is 5.75 Å². The molecule has 1 N–H and O–H groups in total. The number of nitrogens with zero attached hydrogens (tertiary/aromatic N) is 1. The van der Waals surface area contributed by atoms with E-state index in [1.165, 1.54) is 26.3 Å². The highest BCUT2D eigenvalue weighted by Crippen LogP contribution is 2.23. The molecule has 0 atom stereocenters. The molecule has 0 aliphatic heterocycles. The Morgan fingerprint density at radius 2 is 1.96 bits per heavy atom. The first-order valence-corrected chi connectivity index (χ1v) is 9.63. The van der Waals surface area contributed by atoms with Crippen molar-refractivity contribution in [3.63, 3.8) is 0 Å². The molecule has 0 heterocycles. The van der Waals surface area contributed by atoms with Crippen molar-refractivity contribution in [1.82, 2.24) is 4.31 Å². The molecule has 0 spiro atoms. The van der Waals surface area contributed by atoms with Crippen molar-refractivity contribution in [3.05, 3.63) is 52.5 Å². The summed E-state index contributed by atoms with van der Waals surface area (Å²) >= 11 is 3.32. The van der Waals surface area contributed by atoms with Gasteiger partial charge < -0.3 is 10.1 Å². The predicted octanol–water partition coefficient (Wildman–Crippen LogP) is 3.03. The average Bonchev–Trinajstić information content (AvgIpc) is 2.54. The van der Waals surface area contributed by atoms with E-state index in [0.717, 1.165) is 8.78 Å². The van der Waals surface area contributed by atoms with Gasteiger partial charge in [-0.1, -0.05) is 22.0 Å². The number of hydrogen-bond acceptors (Lipinski definition) is 4. The number of methoxy groups -OCH3 is 1. The van der Waals surface area contributed by atoms with Gasteiger partial charge in [0.2, 0.25) is 15.9 Å². The van der Waals surface area contributed by atoms with Crippen molar-refractivity contribution in [2.24, 2.45) is 0 Å². The highest BCUT2D eigenvalue weighted by molar-refractivity contribution is 9.10. The van der Waals surface area contributed by atoms with Crippen molar-refractivity contribution in [2.45, 2.75) is 11.8 Å². The molecule has 0 radical (unpaired) electrons. The summed E-state index contributed by atoms with van der Waals surface area (Å²) in [4.78, 5) is 12.2. The van der Waals surface area contributed by atoms with Crippen LogP contribution in [0.3, 0.4) is 0 Å². The van der Waals surface area contributed by atoms with Crippen LogP contribution in [0.15, 0.2) is 51.8 Å². The maximum Gasteiger partial charge on any atom is 0.243 e. The molecule has 25 heavy (non-hydrogen) atoms. The van der Waals surface area contributed by atoms with Crippen LogP contribution in [-0.4, -0.2) is 39.3 Å². The van der Waals surface area contributed by atoms with Crippen LogP contribution in [0, 0.1) is 6.92 Å². The Labute approximate surface area is 156 Å². The first kappa shape index (κ1) is 19.4. The number of aryl methyl sites for hydroxylation is 1. The molecular formula is C17H19BrN2O4S. The highest BCUT2D eigenvalue weighted by Gasteiger charge is 2.23. The lowest BCUT2D eigenvalue weighted by Crippen LogP contribution is -2.35. The van der Waals surface area contributed by atoms with E-state index in [1.54, 1.807) is 31.2 Å². The number of amides is 1. The zero-order chi connectivity index (χ0) is 18.6. The molecule has 2 aromatic carbocycles. The fourth-order valence-electron chi connectivity index (χ4n) is 2.25. The zero-order valence-corrected chi connectivity index (χ0v) is 16.5. The first-order valence-electron chi connectivity index (χ1n) is 7.40. The molecule has 6 nitrogen and oxygen atoms in total. The summed E-state index contributed by atoms with van der Waals surface area (Å²) in [6.07, 6.45) is 0. The monoisotopic (exact) mass is 426 g/mol. The number of ether oxygens (including phenoxy) is 1. The quantitative estimate of drug-likeness (QED) is 0.769. The number of carbonyl (C=O) groups excluding carboxylic acids is 1. The van der Waals surface area contributed by atoms with Crippen LogP contribution in [-0.2, 0) is 14.8 Å². The number of likely N-dealkylation sites (N-methyl/N-ethyl adjacent to an activating group) is 1. The number of halogens is 1. The van der Waals surface area contributed by atoms with Gasteiger partial charge in [-0.2, -0.15) is 4.31 Å². The summed E-state index contributed by atoms with van der Waals surface area (Å²) < 4.78 is 32.2. The van der Waals surface area contributed by atoms with Crippen molar-refractivity contribution < 1.29 is 17.9 Å². The summed E-state index contributed by atoms with van der Waals surface area (Å²) in [5, 5.41) is 2.67. The van der Waals surface area contributed by atoms with E-state index in [0.29, 0.717) is 17.0 Å². The Kier molecular flexibility index (Phi) is 6.21. The van der Waals surface area contributed by atoms with E-state index in [-0.39, 0.29) is 11.4 Å². The molecule has 0 saturated heterocycles. The Morgan fingerprint density at radius 1 is 1.24 bits per heavy atom. The second kappa shape index (κ2) is 7.99. The van der Waals surface area contributed by atoms with E-state index >= 15 is 0 Å². The molecule has 2 rings (SSSR count). The van der Waals surface area contributed by atoms with Gasteiger partial charge in [-0.15, -0.1) is 0 Å². The van der Waals surface area contributed by atoms with E-state index in [9.17, 15) is 13.2 Å². The molecule has 0 aliphatic carbocycles. The van der Waals surface area contributed by atoms with Crippen molar-refractivity contribution >= 4 is 37.5 Å². The topological polar surface area (TPSA) is 75.7 Å². The molecule has 1 amide bonds. The number of anilines is 1. The Hall–Kier alpha value is -1.90. The largest absolute Gasteiger partial charge is 0.496 e. The van der Waals surface area contributed by atoms with E-state index in [4.69, 9.17) is 4.74 Å². The van der Waals surface area contributed by atoms with Gasteiger partial charge in [0, 0.05) is 17.2 Å². The zero-order valence-electron chi connectivity index (χ0n) is 14.1. The lowest BCUT2D eigenvalue weighted by molar-refractivity contribution is -0.116. The molecule has 2 aromatic rings. The maximum atomic E-state index is 12.6. The van der Waals surface area contributed by atoms with E-state index < -0.39 is 15.9 Å². The summed E-state index contributed by atoms with van der Waals surface area (Å²) in [7, 11) is -0.881. The normalized spacial score (nSPS) is 11.4. The van der Waals surface area contributed by atoms with Crippen LogP contribution in [0.4, 0.5) is 5.69 Å². The van der Waals surface area contributed by atoms with Gasteiger partial charge in [0.15, 0.2) is 0 Å². The Morgan fingerprint density at radius 3 is 2.56 bits per heavy atom. The van der Waals surface area contributed by atoms with Crippen LogP contribution in [0.25, 0.3) is 0 Å². The van der Waals surface area contributed by atoms with Gasteiger partial charge in [-0.05, 0) is 48.9 Å². The molecule has 0 unspecified atom stereocenters. The summed E-state index contributed by atoms with van der Waals surface area (Å²) in [5.74, 6) is 0.184. The third-order valence-electron chi connectivity index (χ3n) is 3.55. The minimum absolute atomic E-state index is 0.114. The first-order chi connectivity index (χ1) is 11.7. The number of rotatable bonds is 6. The molecule has 8 heteroatoms. The summed E-state index contributed by atoms with van der Waals surface area (Å²) in [6, 6.07) is 11.7. The van der Waals surface area contributed by atoms with E-state index in [1.807, 2.05) is 6.07 Å². The van der Waals surface area contributed by atoms with Crippen LogP contribution in [0.1, 0.15) is 5.56 Å². The lowest BCUT2D eigenvalue weighted by Gasteiger charge is -2.18. The van der Waals surface area contributed by atoms with Crippen LogP contribution in [0.5, 0.6) is 5.75 Å². The van der Waals surface area contributed by atoms with Crippen molar-refractivity contribution in [3.8, 4) is 5.75 Å². The maximum absolute atomic E-state index is 12.6. The smallest absolute Gasteiger partial charge is 0.243 e. The second-order valence-electron chi connectivity index (χ2n) is 5.45. The summed E-state index contributed by atoms with van der Waals surface area (Å²) in [5.41, 5.74) is 1.29. The fourth-order valence-corrected chi connectivity index (χ4v) is 3.86. The van der Waals surface area contributed by atoms with Gasteiger partial charge in [0.25, 0.3) is 0 Å². The van der Waals surface area contributed by atoms with Crippen molar-refractivity contribution in [1.29, 1.82) is 0 Å². The number of hydrogen-bond donors (Lipinski definition) is 1. The second-order valence-corrected chi connectivity index (χ2v) is 8.41. The molecule has 0 fully saturated rings. The predicted molar refractivity (Wildman–Crippen MR) is 100 cm³/mol. The molecule has 134 valence electrons. The van der Waals surface area contributed by atoms with Gasteiger partial charge >= 0.3 is 0 Å². The fraction of sp³-hybridized carbons (Fsp3) is 0.235.